The molecule has 1 heterocycles. The van der Waals surface area contributed by atoms with Crippen LogP contribution in [0.2, 0.25) is 0 Å². The summed E-state index contributed by atoms with van der Waals surface area (Å²) in [4.78, 5) is 0. The summed E-state index contributed by atoms with van der Waals surface area (Å²) in [5, 5.41) is 0. The zero-order valence-corrected chi connectivity index (χ0v) is 14.8. The summed E-state index contributed by atoms with van der Waals surface area (Å²) in [6, 6.07) is 4.18. The highest BCUT2D eigenvalue weighted by Gasteiger charge is 2.53. The number of hydrogen-bond donors (Lipinski definition) is 0. The van der Waals surface area contributed by atoms with Gasteiger partial charge in [0.1, 0.15) is 5.75 Å². The molecule has 22 heavy (non-hydrogen) atoms. The molecule has 0 bridgehead atoms. The molecule has 0 N–H and O–H groups in total. The van der Waals surface area contributed by atoms with Gasteiger partial charge in [0.15, 0.2) is 6.79 Å². The third-order valence-corrected chi connectivity index (χ3v) is 4.57. The summed E-state index contributed by atoms with van der Waals surface area (Å²) in [5.74, 6) is 0.775. The Labute approximate surface area is 134 Å². The third kappa shape index (κ3) is 3.17. The number of benzene rings is 1. The fourth-order valence-corrected chi connectivity index (χ4v) is 2.60. The number of ether oxygens (including phenoxy) is 2. The van der Waals surface area contributed by atoms with Gasteiger partial charge in [-0.05, 0) is 58.2 Å². The highest BCUT2D eigenvalue weighted by atomic mass is 16.7. The van der Waals surface area contributed by atoms with E-state index in [-0.39, 0.29) is 18.0 Å². The van der Waals surface area contributed by atoms with Crippen LogP contribution in [0.25, 0.3) is 0 Å². The summed E-state index contributed by atoms with van der Waals surface area (Å²) in [5.41, 5.74) is 2.58. The van der Waals surface area contributed by atoms with Gasteiger partial charge in [0.25, 0.3) is 0 Å². The van der Waals surface area contributed by atoms with Crippen LogP contribution >= 0.6 is 0 Å². The van der Waals surface area contributed by atoms with Gasteiger partial charge < -0.3 is 18.8 Å². The average molecular weight is 306 g/mol. The third-order valence-electron chi connectivity index (χ3n) is 4.57. The summed E-state index contributed by atoms with van der Waals surface area (Å²) in [6.45, 7) is 12.6. The maximum absolute atomic E-state index is 6.21. The fourth-order valence-electron chi connectivity index (χ4n) is 2.60. The Bertz CT molecular complexity index is 524. The van der Waals surface area contributed by atoms with Gasteiger partial charge in [-0.3, -0.25) is 0 Å². The SMILES string of the molecule is CCc1cc(C)cc(OCOC)c1B1OC(C)(C)C(C)(C)O1. The highest BCUT2D eigenvalue weighted by Crippen LogP contribution is 2.37. The summed E-state index contributed by atoms with van der Waals surface area (Å²) >= 11 is 0. The van der Waals surface area contributed by atoms with Crippen molar-refractivity contribution in [2.75, 3.05) is 13.9 Å². The van der Waals surface area contributed by atoms with Crippen molar-refractivity contribution in [2.24, 2.45) is 0 Å². The maximum atomic E-state index is 6.21. The van der Waals surface area contributed by atoms with Crippen LogP contribution in [0.15, 0.2) is 12.1 Å². The fraction of sp³-hybridized carbons (Fsp3) is 0.647. The van der Waals surface area contributed by atoms with E-state index < -0.39 is 7.12 Å². The molecule has 122 valence electrons. The summed E-state index contributed by atoms with van der Waals surface area (Å²) < 4.78 is 23.3. The quantitative estimate of drug-likeness (QED) is 0.619. The lowest BCUT2D eigenvalue weighted by molar-refractivity contribution is 0.00578. The highest BCUT2D eigenvalue weighted by molar-refractivity contribution is 6.63. The Morgan fingerprint density at radius 3 is 2.18 bits per heavy atom. The van der Waals surface area contributed by atoms with Crippen LogP contribution in [0.5, 0.6) is 5.75 Å². The molecule has 0 amide bonds. The van der Waals surface area contributed by atoms with Gasteiger partial charge in [0.2, 0.25) is 0 Å². The number of aryl methyl sites for hydroxylation is 2. The van der Waals surface area contributed by atoms with Crippen LogP contribution in [-0.2, 0) is 20.5 Å². The van der Waals surface area contributed by atoms with Crippen LogP contribution in [0.1, 0.15) is 45.7 Å². The first-order valence-corrected chi connectivity index (χ1v) is 7.82. The van der Waals surface area contributed by atoms with Crippen LogP contribution in [-0.4, -0.2) is 32.2 Å². The molecule has 0 unspecified atom stereocenters. The Morgan fingerprint density at radius 1 is 1.09 bits per heavy atom. The van der Waals surface area contributed by atoms with Gasteiger partial charge in [-0.2, -0.15) is 0 Å². The molecular formula is C17H27BO4. The van der Waals surface area contributed by atoms with Crippen LogP contribution in [0.4, 0.5) is 0 Å². The van der Waals surface area contributed by atoms with Crippen molar-refractivity contribution in [3.05, 3.63) is 23.3 Å². The molecule has 1 aliphatic heterocycles. The molecular weight excluding hydrogens is 279 g/mol. The minimum absolute atomic E-state index is 0.207. The molecule has 0 radical (unpaired) electrons. The second-order valence-corrected chi connectivity index (χ2v) is 6.83. The first-order valence-electron chi connectivity index (χ1n) is 7.82. The van der Waals surface area contributed by atoms with E-state index >= 15 is 0 Å². The predicted octanol–water partition coefficient (Wildman–Crippen LogP) is 2.84. The predicted molar refractivity (Wildman–Crippen MR) is 88.8 cm³/mol. The van der Waals surface area contributed by atoms with Crippen molar-refractivity contribution in [1.29, 1.82) is 0 Å². The Hall–Kier alpha value is -1.04. The van der Waals surface area contributed by atoms with E-state index in [1.807, 2.05) is 6.07 Å². The molecule has 0 aromatic heterocycles. The van der Waals surface area contributed by atoms with Crippen molar-refractivity contribution in [2.45, 2.75) is 59.2 Å². The monoisotopic (exact) mass is 306 g/mol. The molecule has 1 aliphatic rings. The van der Waals surface area contributed by atoms with Gasteiger partial charge in [-0.1, -0.05) is 13.0 Å². The van der Waals surface area contributed by atoms with Gasteiger partial charge in [-0.25, -0.2) is 0 Å². The van der Waals surface area contributed by atoms with E-state index in [0.717, 1.165) is 23.2 Å². The maximum Gasteiger partial charge on any atom is 0.498 e. The molecule has 5 heteroatoms. The molecule has 1 saturated heterocycles. The Kier molecular flexibility index (Phi) is 4.90. The normalized spacial score (nSPS) is 19.5. The Morgan fingerprint density at radius 2 is 1.68 bits per heavy atom. The van der Waals surface area contributed by atoms with Crippen molar-refractivity contribution >= 4 is 12.6 Å². The molecule has 1 aromatic rings. The van der Waals surface area contributed by atoms with Crippen molar-refractivity contribution in [1.82, 2.24) is 0 Å². The minimum Gasteiger partial charge on any atom is -0.468 e. The van der Waals surface area contributed by atoms with Gasteiger partial charge in [-0.15, -0.1) is 0 Å². The van der Waals surface area contributed by atoms with Crippen LogP contribution in [0, 0.1) is 6.92 Å². The van der Waals surface area contributed by atoms with Crippen molar-refractivity contribution in [3.63, 3.8) is 0 Å². The van der Waals surface area contributed by atoms with E-state index in [0.29, 0.717) is 0 Å². The van der Waals surface area contributed by atoms with E-state index in [9.17, 15) is 0 Å². The second kappa shape index (κ2) is 6.22. The Balaban J connectivity index is 2.45. The largest absolute Gasteiger partial charge is 0.498 e. The van der Waals surface area contributed by atoms with Crippen LogP contribution in [0.3, 0.4) is 0 Å². The standard InChI is InChI=1S/C17H27BO4/c1-8-13-9-12(2)10-14(20-11-19-7)15(13)18-21-16(3,4)17(5,6)22-18/h9-10H,8,11H2,1-7H3. The van der Waals surface area contributed by atoms with E-state index in [1.165, 1.54) is 5.56 Å². The molecule has 1 aromatic carbocycles. The van der Waals surface area contributed by atoms with E-state index in [1.54, 1.807) is 7.11 Å². The first-order chi connectivity index (χ1) is 10.2. The average Bonchev–Trinajstić information content (AvgIpc) is 2.63. The molecule has 1 fully saturated rings. The molecule has 4 nitrogen and oxygen atoms in total. The number of hydrogen-bond acceptors (Lipinski definition) is 4. The zero-order chi connectivity index (χ0) is 16.5. The topological polar surface area (TPSA) is 36.9 Å². The lowest BCUT2D eigenvalue weighted by Crippen LogP contribution is -2.41. The molecule has 0 saturated carbocycles. The smallest absolute Gasteiger partial charge is 0.468 e. The first kappa shape index (κ1) is 17.3. The molecule has 0 aliphatic carbocycles. The van der Waals surface area contributed by atoms with Gasteiger partial charge in [0, 0.05) is 12.6 Å². The van der Waals surface area contributed by atoms with E-state index in [4.69, 9.17) is 18.8 Å². The zero-order valence-electron chi connectivity index (χ0n) is 14.8. The van der Waals surface area contributed by atoms with Crippen LogP contribution < -0.4 is 10.2 Å². The molecule has 2 rings (SSSR count). The van der Waals surface area contributed by atoms with Crippen molar-refractivity contribution < 1.29 is 18.8 Å². The molecule has 0 atom stereocenters. The minimum atomic E-state index is -0.424. The number of methoxy groups -OCH3 is 1. The van der Waals surface area contributed by atoms with Gasteiger partial charge in [0.05, 0.1) is 11.2 Å². The van der Waals surface area contributed by atoms with Gasteiger partial charge >= 0.3 is 7.12 Å². The van der Waals surface area contributed by atoms with Crippen molar-refractivity contribution in [3.8, 4) is 5.75 Å². The van der Waals surface area contributed by atoms with E-state index in [2.05, 4.69) is 47.6 Å². The lowest BCUT2D eigenvalue weighted by Gasteiger charge is -2.32. The lowest BCUT2D eigenvalue weighted by atomic mass is 9.74. The second-order valence-electron chi connectivity index (χ2n) is 6.83. The number of rotatable bonds is 5. The summed E-state index contributed by atoms with van der Waals surface area (Å²) in [6.07, 6.45) is 0.893. The molecule has 0 spiro atoms. The summed E-state index contributed by atoms with van der Waals surface area (Å²) in [7, 11) is 1.19.